The van der Waals surface area contributed by atoms with Gasteiger partial charge in [-0.3, -0.25) is 14.9 Å². The van der Waals surface area contributed by atoms with Gasteiger partial charge in [-0.1, -0.05) is 6.92 Å². The third-order valence-electron chi connectivity index (χ3n) is 2.95. The first-order valence-electron chi connectivity index (χ1n) is 6.81. The summed E-state index contributed by atoms with van der Waals surface area (Å²) in [4.78, 5) is 22.1. The first-order valence-corrected chi connectivity index (χ1v) is 6.81. The average molecular weight is 295 g/mol. The second-order valence-electron chi connectivity index (χ2n) is 4.69. The fourth-order valence-electron chi connectivity index (χ4n) is 1.73. The molecule has 1 unspecified atom stereocenters. The van der Waals surface area contributed by atoms with Crippen molar-refractivity contribution in [3.05, 3.63) is 33.9 Å². The molecule has 1 atom stereocenters. The van der Waals surface area contributed by atoms with E-state index in [0.717, 1.165) is 6.42 Å². The average Bonchev–Trinajstić information content (AvgIpc) is 2.49. The quantitative estimate of drug-likeness (QED) is 0.561. The van der Waals surface area contributed by atoms with E-state index in [0.29, 0.717) is 24.4 Å². The molecule has 1 aromatic rings. The molecule has 0 radical (unpaired) electrons. The van der Waals surface area contributed by atoms with E-state index in [-0.39, 0.29) is 17.6 Å². The molecule has 1 aromatic carbocycles. The molecule has 0 aliphatic heterocycles. The molecule has 116 valence electrons. The molecule has 0 spiro atoms. The van der Waals surface area contributed by atoms with Crippen LogP contribution in [0.5, 0.6) is 5.75 Å². The van der Waals surface area contributed by atoms with Gasteiger partial charge < -0.3 is 15.4 Å². The van der Waals surface area contributed by atoms with Gasteiger partial charge in [0, 0.05) is 19.2 Å². The van der Waals surface area contributed by atoms with Crippen molar-refractivity contribution in [1.29, 1.82) is 0 Å². The lowest BCUT2D eigenvalue weighted by Crippen LogP contribution is -2.42. The van der Waals surface area contributed by atoms with Crippen molar-refractivity contribution in [2.45, 2.75) is 32.9 Å². The molecule has 0 saturated carbocycles. The van der Waals surface area contributed by atoms with Gasteiger partial charge in [-0.15, -0.1) is 0 Å². The van der Waals surface area contributed by atoms with Crippen molar-refractivity contribution >= 4 is 11.6 Å². The van der Waals surface area contributed by atoms with Crippen molar-refractivity contribution in [3.63, 3.8) is 0 Å². The van der Waals surface area contributed by atoms with E-state index >= 15 is 0 Å². The third kappa shape index (κ3) is 5.39. The molecule has 0 aliphatic rings. The van der Waals surface area contributed by atoms with Crippen LogP contribution in [0.4, 0.5) is 5.69 Å². The largest absolute Gasteiger partial charge is 0.496 e. The topological polar surface area (TPSA) is 93.5 Å². The van der Waals surface area contributed by atoms with E-state index in [2.05, 4.69) is 10.6 Å². The number of nitrogens with one attached hydrogen (secondary N) is 2. The number of carbonyl (C=O) groups is 1. The number of hydrogen-bond donors (Lipinski definition) is 2. The van der Waals surface area contributed by atoms with Crippen LogP contribution >= 0.6 is 0 Å². The molecule has 0 heterocycles. The highest BCUT2D eigenvalue weighted by Gasteiger charge is 2.14. The number of non-ortho nitro benzene ring substituents is 1. The Balaban J connectivity index is 2.68. The van der Waals surface area contributed by atoms with Gasteiger partial charge in [-0.05, 0) is 25.0 Å². The molecule has 0 fully saturated rings. The first kappa shape index (κ1) is 16.9. The van der Waals surface area contributed by atoms with E-state index in [4.69, 9.17) is 4.74 Å². The highest BCUT2D eigenvalue weighted by Crippen LogP contribution is 2.22. The van der Waals surface area contributed by atoms with Gasteiger partial charge in [0.05, 0.1) is 24.1 Å². The maximum absolute atomic E-state index is 11.7. The Kier molecular flexibility index (Phi) is 6.61. The zero-order chi connectivity index (χ0) is 15.8. The summed E-state index contributed by atoms with van der Waals surface area (Å²) < 4.78 is 5.04. The number of nitrogens with zero attached hydrogens (tertiary/aromatic N) is 1. The molecule has 21 heavy (non-hydrogen) atoms. The molecule has 1 rings (SSSR count). The van der Waals surface area contributed by atoms with E-state index in [1.807, 2.05) is 6.92 Å². The molecule has 7 heteroatoms. The van der Waals surface area contributed by atoms with E-state index in [1.165, 1.54) is 19.2 Å². The number of ether oxygens (including phenoxy) is 1. The van der Waals surface area contributed by atoms with Gasteiger partial charge >= 0.3 is 0 Å². The first-order chi connectivity index (χ1) is 9.97. The lowest BCUT2D eigenvalue weighted by Gasteiger charge is -2.14. The van der Waals surface area contributed by atoms with Crippen LogP contribution in [0, 0.1) is 10.1 Å². The van der Waals surface area contributed by atoms with Gasteiger partial charge in [-0.2, -0.15) is 0 Å². The predicted octanol–water partition coefficient (Wildman–Crippen LogP) is 1.61. The number of nitro groups is 1. The van der Waals surface area contributed by atoms with Crippen LogP contribution in [0.25, 0.3) is 0 Å². The van der Waals surface area contributed by atoms with Gasteiger partial charge in [0.15, 0.2) is 0 Å². The van der Waals surface area contributed by atoms with E-state index in [1.54, 1.807) is 13.0 Å². The summed E-state index contributed by atoms with van der Waals surface area (Å²) in [7, 11) is 1.46. The fraction of sp³-hybridized carbons (Fsp3) is 0.500. The number of benzene rings is 1. The molecule has 0 saturated heterocycles. The number of nitro benzene ring substituents is 1. The zero-order valence-corrected chi connectivity index (χ0v) is 12.5. The summed E-state index contributed by atoms with van der Waals surface area (Å²) >= 11 is 0. The Bertz CT molecular complexity index is 505. The smallest absolute Gasteiger partial charge is 0.273 e. The van der Waals surface area contributed by atoms with Crippen molar-refractivity contribution in [2.24, 2.45) is 0 Å². The summed E-state index contributed by atoms with van der Waals surface area (Å²) in [6.07, 6.45) is 0.876. The van der Waals surface area contributed by atoms with E-state index in [9.17, 15) is 14.9 Å². The Hall–Kier alpha value is -2.15. The fourth-order valence-corrected chi connectivity index (χ4v) is 1.73. The Morgan fingerprint density at radius 2 is 2.14 bits per heavy atom. The highest BCUT2D eigenvalue weighted by molar-refractivity contribution is 5.81. The standard InChI is InChI=1S/C14H21N3O4/c1-4-5-15-14(18)10(2)16-9-11-6-12(17(19)20)8-13(7-11)21-3/h6-8,10,16H,4-5,9H2,1-3H3,(H,15,18). The van der Waals surface area contributed by atoms with Crippen molar-refractivity contribution in [3.8, 4) is 5.75 Å². The van der Waals surface area contributed by atoms with Crippen molar-refractivity contribution in [1.82, 2.24) is 10.6 Å². The molecule has 0 bridgehead atoms. The Morgan fingerprint density at radius 3 is 2.71 bits per heavy atom. The highest BCUT2D eigenvalue weighted by atomic mass is 16.6. The SMILES string of the molecule is CCCNC(=O)C(C)NCc1cc(OC)cc([N+](=O)[O-])c1. The number of methoxy groups -OCH3 is 1. The minimum atomic E-state index is -0.469. The minimum absolute atomic E-state index is 0.0331. The normalized spacial score (nSPS) is 11.8. The molecule has 2 N–H and O–H groups in total. The van der Waals surface area contributed by atoms with Gasteiger partial charge in [0.2, 0.25) is 5.91 Å². The van der Waals surface area contributed by atoms with Crippen LogP contribution < -0.4 is 15.4 Å². The summed E-state index contributed by atoms with van der Waals surface area (Å²) in [6, 6.07) is 4.16. The van der Waals surface area contributed by atoms with Crippen LogP contribution in [0.15, 0.2) is 18.2 Å². The lowest BCUT2D eigenvalue weighted by atomic mass is 10.1. The van der Waals surface area contributed by atoms with Gasteiger partial charge in [0.1, 0.15) is 5.75 Å². The summed E-state index contributed by atoms with van der Waals surface area (Å²) in [5.74, 6) is 0.332. The summed E-state index contributed by atoms with van der Waals surface area (Å²) in [5.41, 5.74) is 0.658. The third-order valence-corrected chi connectivity index (χ3v) is 2.95. The maximum Gasteiger partial charge on any atom is 0.273 e. The van der Waals surface area contributed by atoms with Crippen LogP contribution in [0.1, 0.15) is 25.8 Å². The van der Waals surface area contributed by atoms with Crippen LogP contribution in [0.2, 0.25) is 0 Å². The van der Waals surface area contributed by atoms with Crippen molar-refractivity contribution in [2.75, 3.05) is 13.7 Å². The summed E-state index contributed by atoms with van der Waals surface area (Å²) in [6.45, 7) is 4.71. The van der Waals surface area contributed by atoms with E-state index < -0.39 is 4.92 Å². The molecule has 0 aliphatic carbocycles. The number of hydrogen-bond acceptors (Lipinski definition) is 5. The monoisotopic (exact) mass is 295 g/mol. The molecule has 0 aromatic heterocycles. The van der Waals surface area contributed by atoms with Crippen LogP contribution in [-0.4, -0.2) is 30.5 Å². The maximum atomic E-state index is 11.7. The van der Waals surface area contributed by atoms with Crippen LogP contribution in [-0.2, 0) is 11.3 Å². The van der Waals surface area contributed by atoms with Crippen molar-refractivity contribution < 1.29 is 14.5 Å². The predicted molar refractivity (Wildman–Crippen MR) is 79.3 cm³/mol. The second kappa shape index (κ2) is 8.21. The number of amides is 1. The second-order valence-corrected chi connectivity index (χ2v) is 4.69. The molecule has 7 nitrogen and oxygen atoms in total. The van der Waals surface area contributed by atoms with Gasteiger partial charge in [0.25, 0.3) is 5.69 Å². The Morgan fingerprint density at radius 1 is 1.43 bits per heavy atom. The number of carbonyl (C=O) groups excluding carboxylic acids is 1. The molecular formula is C14H21N3O4. The Labute approximate surface area is 123 Å². The minimum Gasteiger partial charge on any atom is -0.496 e. The molecular weight excluding hydrogens is 274 g/mol. The zero-order valence-electron chi connectivity index (χ0n) is 12.5. The van der Waals surface area contributed by atoms with Crippen LogP contribution in [0.3, 0.4) is 0 Å². The lowest BCUT2D eigenvalue weighted by molar-refractivity contribution is -0.385. The molecule has 1 amide bonds. The summed E-state index contributed by atoms with van der Waals surface area (Å²) in [5, 5.41) is 16.7. The van der Waals surface area contributed by atoms with Gasteiger partial charge in [-0.25, -0.2) is 0 Å². The number of rotatable bonds is 8.